The van der Waals surface area contributed by atoms with Crippen LogP contribution < -0.4 is 0 Å². The average Bonchev–Trinajstić information content (AvgIpc) is 2.84. The van der Waals surface area contributed by atoms with Crippen molar-refractivity contribution in [3.05, 3.63) is 102 Å². The molecule has 2 heterocycles. The largest absolute Gasteiger partial charge is 0.508 e. The first-order valence-electron chi connectivity index (χ1n) is 9.31. The lowest BCUT2D eigenvalue weighted by Gasteiger charge is -2.03. The Kier molecular flexibility index (Phi) is 10.6. The fraction of sp³-hybridized carbons (Fsp3) is 0. The predicted octanol–water partition coefficient (Wildman–Crippen LogP) is 5.47. The zero-order valence-corrected chi connectivity index (χ0v) is 18.8. The van der Waals surface area contributed by atoms with Crippen molar-refractivity contribution in [2.75, 3.05) is 0 Å². The third-order valence-electron chi connectivity index (χ3n) is 3.79. The number of hydrogen-bond donors (Lipinski definition) is 3. The second kappa shape index (κ2) is 13.7. The minimum atomic E-state index is -0.576. The number of phenolic OH excluding ortho intramolecular Hbond substituents is 2. The van der Waals surface area contributed by atoms with Gasteiger partial charge in [0.2, 0.25) is 0 Å². The van der Waals surface area contributed by atoms with Gasteiger partial charge in [-0.15, -0.1) is 12.6 Å². The summed E-state index contributed by atoms with van der Waals surface area (Å²) in [6.45, 7) is 0. The monoisotopic (exact) mass is 482 g/mol. The summed E-state index contributed by atoms with van der Waals surface area (Å²) in [6.07, 6.45) is 6.88. The second-order valence-electron chi connectivity index (χ2n) is 6.16. The molecule has 0 aliphatic carbocycles. The van der Waals surface area contributed by atoms with Gasteiger partial charge in [0.05, 0.1) is 11.8 Å². The number of rotatable bonds is 4. The first-order chi connectivity index (χ1) is 15.9. The summed E-state index contributed by atoms with van der Waals surface area (Å²) in [5, 5.41) is 17.9. The number of hydrogen-bond acceptors (Lipinski definition) is 8. The number of aromatic nitrogens is 2. The zero-order chi connectivity index (χ0) is 24.1. The van der Waals surface area contributed by atoms with Crippen LogP contribution in [0.3, 0.4) is 0 Å². The van der Waals surface area contributed by atoms with Gasteiger partial charge < -0.3 is 10.2 Å². The van der Waals surface area contributed by atoms with Crippen molar-refractivity contribution in [1.82, 2.24) is 9.97 Å². The zero-order valence-electron chi connectivity index (χ0n) is 17.1. The van der Waals surface area contributed by atoms with Crippen LogP contribution in [0, 0.1) is 5.82 Å². The molecule has 0 saturated carbocycles. The summed E-state index contributed by atoms with van der Waals surface area (Å²) < 4.78 is 12.3. The molecule has 0 aliphatic rings. The molecular formula is C24H19FN2O4S2. The highest BCUT2D eigenvalue weighted by Crippen LogP contribution is 2.30. The fourth-order valence-electron chi connectivity index (χ4n) is 2.15. The number of carbonyl (C=O) groups is 2. The lowest BCUT2D eigenvalue weighted by molar-refractivity contribution is 0.111. The van der Waals surface area contributed by atoms with Gasteiger partial charge in [0.1, 0.15) is 11.5 Å². The molecule has 2 N–H and O–H groups in total. The molecule has 9 heteroatoms. The van der Waals surface area contributed by atoms with Gasteiger partial charge in [-0.05, 0) is 60.7 Å². The summed E-state index contributed by atoms with van der Waals surface area (Å²) in [4.78, 5) is 30.8. The standard InChI is InChI=1S/C12H9NO2S.C6H4FNO.C6H6OS/c14-8-9-5-6-13-7-12(9)16-11-3-1-10(15)2-4-11;7-6-3-8-2-1-5(6)4-9;7-5-1-3-6(8)4-2-5/h1-8,15H;1-4H;1-4,7-8H. The molecule has 0 atom stereocenters. The minimum Gasteiger partial charge on any atom is -0.508 e. The Labute approximate surface area is 199 Å². The molecule has 0 amide bonds. The molecule has 0 unspecified atom stereocenters. The van der Waals surface area contributed by atoms with Crippen LogP contribution in [0.5, 0.6) is 11.5 Å². The smallest absolute Gasteiger partial charge is 0.153 e. The topological polar surface area (TPSA) is 100 Å². The Balaban J connectivity index is 0.000000192. The number of aldehydes is 2. The van der Waals surface area contributed by atoms with Crippen LogP contribution in [0.1, 0.15) is 20.7 Å². The molecule has 6 nitrogen and oxygen atoms in total. The molecule has 0 aliphatic heterocycles. The van der Waals surface area contributed by atoms with E-state index in [2.05, 4.69) is 22.6 Å². The predicted molar refractivity (Wildman–Crippen MR) is 127 cm³/mol. The van der Waals surface area contributed by atoms with Gasteiger partial charge in [-0.3, -0.25) is 19.6 Å². The molecule has 33 heavy (non-hydrogen) atoms. The number of benzene rings is 2. The average molecular weight is 483 g/mol. The molecule has 4 aromatic rings. The normalized spacial score (nSPS) is 9.52. The quantitative estimate of drug-likeness (QED) is 0.262. The Morgan fingerprint density at radius 1 is 0.758 bits per heavy atom. The second-order valence-corrected chi connectivity index (χ2v) is 7.79. The van der Waals surface area contributed by atoms with Gasteiger partial charge in [0, 0.05) is 38.8 Å². The molecule has 0 fully saturated rings. The molecule has 168 valence electrons. The highest BCUT2D eigenvalue weighted by Gasteiger charge is 2.03. The first-order valence-corrected chi connectivity index (χ1v) is 10.6. The maximum absolute atomic E-state index is 12.3. The van der Waals surface area contributed by atoms with E-state index in [4.69, 9.17) is 10.2 Å². The maximum atomic E-state index is 12.3. The van der Waals surface area contributed by atoms with E-state index in [0.717, 1.165) is 27.2 Å². The Bertz CT molecular complexity index is 1150. The number of carbonyl (C=O) groups excluding carboxylic acids is 2. The van der Waals surface area contributed by atoms with E-state index in [1.54, 1.807) is 67.0 Å². The lowest BCUT2D eigenvalue weighted by atomic mass is 10.3. The number of aromatic hydroxyl groups is 2. The minimum absolute atomic E-state index is 0.0463. The molecule has 4 rings (SSSR count). The van der Waals surface area contributed by atoms with Gasteiger partial charge in [-0.25, -0.2) is 4.39 Å². The van der Waals surface area contributed by atoms with E-state index in [9.17, 15) is 14.0 Å². The van der Waals surface area contributed by atoms with Crippen LogP contribution in [0.4, 0.5) is 4.39 Å². The third kappa shape index (κ3) is 9.14. The van der Waals surface area contributed by atoms with Crippen molar-refractivity contribution in [3.63, 3.8) is 0 Å². The van der Waals surface area contributed by atoms with Crippen LogP contribution in [-0.2, 0) is 0 Å². The maximum Gasteiger partial charge on any atom is 0.153 e. The summed E-state index contributed by atoms with van der Waals surface area (Å²) in [5.74, 6) is -0.0681. The van der Waals surface area contributed by atoms with Crippen molar-refractivity contribution < 1.29 is 24.2 Å². The number of phenols is 2. The summed E-state index contributed by atoms with van der Waals surface area (Å²) in [6, 6.07) is 16.5. The van der Waals surface area contributed by atoms with Gasteiger partial charge >= 0.3 is 0 Å². The van der Waals surface area contributed by atoms with E-state index in [1.807, 2.05) is 0 Å². The van der Waals surface area contributed by atoms with E-state index < -0.39 is 5.82 Å². The Morgan fingerprint density at radius 3 is 1.76 bits per heavy atom. The van der Waals surface area contributed by atoms with Crippen LogP contribution in [-0.4, -0.2) is 32.8 Å². The van der Waals surface area contributed by atoms with Crippen LogP contribution in [0.2, 0.25) is 0 Å². The molecule has 0 bridgehead atoms. The molecule has 0 radical (unpaired) electrons. The van der Waals surface area contributed by atoms with Gasteiger partial charge in [0.15, 0.2) is 18.4 Å². The SMILES string of the molecule is O=Cc1ccncc1F.O=Cc1ccncc1Sc1ccc(O)cc1.Oc1ccc(S)cc1. The van der Waals surface area contributed by atoms with E-state index in [1.165, 1.54) is 24.0 Å². The number of thiol groups is 1. The van der Waals surface area contributed by atoms with Crippen molar-refractivity contribution in [3.8, 4) is 11.5 Å². The number of pyridine rings is 2. The van der Waals surface area contributed by atoms with E-state index >= 15 is 0 Å². The van der Waals surface area contributed by atoms with Crippen molar-refractivity contribution in [2.24, 2.45) is 0 Å². The van der Waals surface area contributed by atoms with Crippen molar-refractivity contribution >= 4 is 37.0 Å². The highest BCUT2D eigenvalue weighted by molar-refractivity contribution is 7.99. The summed E-state index contributed by atoms with van der Waals surface area (Å²) in [7, 11) is 0. The van der Waals surface area contributed by atoms with Crippen LogP contribution in [0.15, 0.2) is 100 Å². The van der Waals surface area contributed by atoms with Crippen molar-refractivity contribution in [2.45, 2.75) is 14.7 Å². The van der Waals surface area contributed by atoms with E-state index in [0.29, 0.717) is 11.8 Å². The van der Waals surface area contributed by atoms with Gasteiger partial charge in [-0.1, -0.05) is 11.8 Å². The summed E-state index contributed by atoms with van der Waals surface area (Å²) in [5.41, 5.74) is 0.665. The molecule has 0 spiro atoms. The number of nitrogens with zero attached hydrogens (tertiary/aromatic N) is 2. The van der Waals surface area contributed by atoms with Gasteiger partial charge in [-0.2, -0.15) is 0 Å². The highest BCUT2D eigenvalue weighted by atomic mass is 32.2. The van der Waals surface area contributed by atoms with Gasteiger partial charge in [0.25, 0.3) is 0 Å². The molecule has 2 aromatic carbocycles. The van der Waals surface area contributed by atoms with E-state index in [-0.39, 0.29) is 17.1 Å². The Hall–Kier alpha value is -3.69. The molecule has 0 saturated heterocycles. The Morgan fingerprint density at radius 2 is 1.27 bits per heavy atom. The van der Waals surface area contributed by atoms with Crippen LogP contribution in [0.25, 0.3) is 0 Å². The third-order valence-corrected chi connectivity index (χ3v) is 5.16. The summed E-state index contributed by atoms with van der Waals surface area (Å²) >= 11 is 5.46. The lowest BCUT2D eigenvalue weighted by Crippen LogP contribution is -1.86. The van der Waals surface area contributed by atoms with Crippen molar-refractivity contribution in [1.29, 1.82) is 0 Å². The molecule has 2 aromatic heterocycles. The first kappa shape index (κ1) is 25.6. The van der Waals surface area contributed by atoms with Crippen LogP contribution >= 0.6 is 24.4 Å². The fourth-order valence-corrected chi connectivity index (χ4v) is 3.17. The number of halogens is 1. The molecular weight excluding hydrogens is 463 g/mol.